The highest BCUT2D eigenvalue weighted by Gasteiger charge is 2.38. The highest BCUT2D eigenvalue weighted by Crippen LogP contribution is 2.23. The van der Waals surface area contributed by atoms with Crippen LogP contribution in [-0.2, 0) is 27.2 Å². The number of amides is 2. The fraction of sp³-hybridized carbons (Fsp3) is 0.375. The van der Waals surface area contributed by atoms with E-state index in [4.69, 9.17) is 0 Å². The zero-order chi connectivity index (χ0) is 22.9. The molecule has 166 valence electrons. The molecule has 2 aromatic rings. The fourth-order valence-corrected chi connectivity index (χ4v) is 3.87. The number of carboxylic acids is 1. The number of aryl methyl sites for hydroxylation is 1. The Morgan fingerprint density at radius 1 is 0.968 bits per heavy atom. The van der Waals surface area contributed by atoms with E-state index >= 15 is 0 Å². The van der Waals surface area contributed by atoms with Gasteiger partial charge in [-0.15, -0.1) is 12.6 Å². The summed E-state index contributed by atoms with van der Waals surface area (Å²) in [6.07, 6.45) is 1.13. The van der Waals surface area contributed by atoms with E-state index < -0.39 is 22.8 Å². The van der Waals surface area contributed by atoms with E-state index in [1.54, 1.807) is 12.1 Å². The second-order valence-corrected chi connectivity index (χ2v) is 8.81. The largest absolute Gasteiger partial charge is 0.480 e. The Balaban J connectivity index is 2.07. The smallest absolute Gasteiger partial charge is 0.326 e. The van der Waals surface area contributed by atoms with E-state index in [-0.39, 0.29) is 31.1 Å². The van der Waals surface area contributed by atoms with Gasteiger partial charge in [-0.1, -0.05) is 74.5 Å². The number of carboxylic acid groups (broad SMARTS) is 1. The molecule has 0 aliphatic carbocycles. The van der Waals surface area contributed by atoms with Gasteiger partial charge in [0.25, 0.3) is 5.91 Å². The minimum Gasteiger partial charge on any atom is -0.480 e. The summed E-state index contributed by atoms with van der Waals surface area (Å²) in [6, 6.07) is 17.5. The molecule has 0 bridgehead atoms. The van der Waals surface area contributed by atoms with Crippen LogP contribution >= 0.6 is 12.6 Å². The van der Waals surface area contributed by atoms with Crippen molar-refractivity contribution in [2.24, 2.45) is 5.92 Å². The highest BCUT2D eigenvalue weighted by molar-refractivity contribution is 7.82. The van der Waals surface area contributed by atoms with Crippen molar-refractivity contribution in [2.45, 2.75) is 50.4 Å². The number of rotatable bonds is 11. The van der Waals surface area contributed by atoms with Gasteiger partial charge in [0, 0.05) is 12.8 Å². The van der Waals surface area contributed by atoms with Crippen molar-refractivity contribution < 1.29 is 19.5 Å². The van der Waals surface area contributed by atoms with E-state index in [2.05, 4.69) is 23.3 Å². The lowest BCUT2D eigenvalue weighted by Crippen LogP contribution is -2.59. The first-order valence-corrected chi connectivity index (χ1v) is 10.8. The van der Waals surface area contributed by atoms with E-state index in [1.165, 1.54) is 0 Å². The van der Waals surface area contributed by atoms with Crippen molar-refractivity contribution in [3.8, 4) is 0 Å². The first kappa shape index (κ1) is 24.5. The van der Waals surface area contributed by atoms with Gasteiger partial charge in [-0.2, -0.15) is 0 Å². The molecule has 0 aromatic heterocycles. The molecule has 31 heavy (non-hydrogen) atoms. The highest BCUT2D eigenvalue weighted by atomic mass is 32.1. The van der Waals surface area contributed by atoms with Crippen molar-refractivity contribution in [3.63, 3.8) is 0 Å². The lowest BCUT2D eigenvalue weighted by atomic mass is 10.00. The molecule has 3 N–H and O–H groups in total. The normalized spacial score (nSPS) is 13.8. The molecule has 0 saturated heterocycles. The van der Waals surface area contributed by atoms with Crippen molar-refractivity contribution in [1.29, 1.82) is 0 Å². The van der Waals surface area contributed by atoms with Crippen LogP contribution in [0.1, 0.15) is 37.8 Å². The Morgan fingerprint density at radius 2 is 1.52 bits per heavy atom. The Labute approximate surface area is 188 Å². The van der Waals surface area contributed by atoms with Crippen molar-refractivity contribution in [3.05, 3.63) is 71.8 Å². The quantitative estimate of drug-likeness (QED) is 0.317. The number of nitrogens with one attached hydrogen (secondary N) is 2. The molecule has 0 heterocycles. The van der Waals surface area contributed by atoms with Crippen LogP contribution in [-0.4, -0.2) is 33.8 Å². The van der Waals surface area contributed by atoms with Gasteiger partial charge in [0.05, 0.1) is 0 Å². The molecule has 0 aliphatic rings. The summed E-state index contributed by atoms with van der Waals surface area (Å²) in [5, 5.41) is 14.9. The van der Waals surface area contributed by atoms with Crippen molar-refractivity contribution in [2.75, 3.05) is 0 Å². The Morgan fingerprint density at radius 3 is 2.03 bits per heavy atom. The van der Waals surface area contributed by atoms with Gasteiger partial charge >= 0.3 is 5.97 Å². The maximum atomic E-state index is 13.0. The number of aliphatic carboxylic acids is 1. The average Bonchev–Trinajstić information content (AvgIpc) is 2.72. The molecule has 2 aromatic carbocycles. The molecular formula is C24H30N2O4S. The minimum absolute atomic E-state index is 0.0510. The number of hydrogen-bond donors (Lipinski definition) is 4. The Bertz CT molecular complexity index is 874. The van der Waals surface area contributed by atoms with Crippen LogP contribution in [0.4, 0.5) is 0 Å². The molecule has 0 aliphatic heterocycles. The predicted octanol–water partition coefficient (Wildman–Crippen LogP) is 3.22. The Hall–Kier alpha value is -2.80. The van der Waals surface area contributed by atoms with Gasteiger partial charge in [0.2, 0.25) is 5.91 Å². The van der Waals surface area contributed by atoms with Crippen molar-refractivity contribution in [1.82, 2.24) is 10.6 Å². The van der Waals surface area contributed by atoms with Crippen LogP contribution in [0.25, 0.3) is 0 Å². The lowest BCUT2D eigenvalue weighted by Gasteiger charge is -2.31. The second kappa shape index (κ2) is 11.6. The maximum Gasteiger partial charge on any atom is 0.326 e. The van der Waals surface area contributed by atoms with Gasteiger partial charge in [-0.05, 0) is 29.9 Å². The van der Waals surface area contributed by atoms with Crippen LogP contribution in [0.5, 0.6) is 0 Å². The van der Waals surface area contributed by atoms with Crippen LogP contribution in [0.15, 0.2) is 60.7 Å². The van der Waals surface area contributed by atoms with Crippen LogP contribution in [0, 0.1) is 5.92 Å². The standard InChI is InChI=1S/C24H30N2O4S/c1-17(2)16-24(31,26-21(27)14-13-18-9-5-3-6-10-18)23(30)25-20(22(28)29)15-19-11-7-4-8-12-19/h3-12,17,20,31H,13-16H2,1-2H3,(H,25,30)(H,26,27)(H,28,29)/t20-,24?/m0/s1. The summed E-state index contributed by atoms with van der Waals surface area (Å²) < 4.78 is 0. The molecule has 0 saturated carbocycles. The summed E-state index contributed by atoms with van der Waals surface area (Å²) in [7, 11) is 0. The molecule has 6 nitrogen and oxygen atoms in total. The third kappa shape index (κ3) is 8.09. The maximum absolute atomic E-state index is 13.0. The topological polar surface area (TPSA) is 95.5 Å². The molecule has 2 atom stereocenters. The van der Waals surface area contributed by atoms with E-state index in [0.717, 1.165) is 11.1 Å². The minimum atomic E-state index is -1.51. The van der Waals surface area contributed by atoms with E-state index in [1.807, 2.05) is 62.4 Å². The van der Waals surface area contributed by atoms with Gasteiger partial charge in [0.1, 0.15) is 6.04 Å². The summed E-state index contributed by atoms with van der Waals surface area (Å²) in [6.45, 7) is 3.82. The first-order valence-electron chi connectivity index (χ1n) is 10.3. The third-order valence-electron chi connectivity index (χ3n) is 4.80. The summed E-state index contributed by atoms with van der Waals surface area (Å²) in [5.74, 6) is -2.03. The molecule has 0 spiro atoms. The van der Waals surface area contributed by atoms with Crippen LogP contribution in [0.2, 0.25) is 0 Å². The first-order chi connectivity index (χ1) is 14.7. The number of carbonyl (C=O) groups excluding carboxylic acids is 2. The molecule has 0 fully saturated rings. The fourth-order valence-electron chi connectivity index (χ4n) is 3.31. The van der Waals surface area contributed by atoms with Gasteiger partial charge in [-0.25, -0.2) is 4.79 Å². The average molecular weight is 443 g/mol. The lowest BCUT2D eigenvalue weighted by molar-refractivity contribution is -0.142. The number of hydrogen-bond acceptors (Lipinski definition) is 4. The molecule has 7 heteroatoms. The Kier molecular flexibility index (Phi) is 9.12. The number of benzene rings is 2. The monoisotopic (exact) mass is 442 g/mol. The zero-order valence-corrected chi connectivity index (χ0v) is 18.8. The number of carbonyl (C=O) groups is 3. The summed E-state index contributed by atoms with van der Waals surface area (Å²) >= 11 is 4.50. The summed E-state index contributed by atoms with van der Waals surface area (Å²) in [5.41, 5.74) is 1.81. The molecule has 2 rings (SSSR count). The molecule has 0 radical (unpaired) electrons. The second-order valence-electron chi connectivity index (χ2n) is 8.05. The number of thiol groups is 1. The van der Waals surface area contributed by atoms with E-state index in [0.29, 0.717) is 6.42 Å². The zero-order valence-electron chi connectivity index (χ0n) is 17.9. The van der Waals surface area contributed by atoms with Crippen molar-refractivity contribution >= 4 is 30.4 Å². The van der Waals surface area contributed by atoms with Gasteiger partial charge in [-0.3, -0.25) is 9.59 Å². The molecular weight excluding hydrogens is 412 g/mol. The molecule has 1 unspecified atom stereocenters. The van der Waals surface area contributed by atoms with E-state index in [9.17, 15) is 19.5 Å². The van der Waals surface area contributed by atoms with Crippen LogP contribution in [0.3, 0.4) is 0 Å². The van der Waals surface area contributed by atoms with Gasteiger partial charge in [0.15, 0.2) is 4.87 Å². The summed E-state index contributed by atoms with van der Waals surface area (Å²) in [4.78, 5) is 35.9. The molecule has 2 amide bonds. The van der Waals surface area contributed by atoms with Crippen LogP contribution < -0.4 is 10.6 Å². The third-order valence-corrected chi connectivity index (χ3v) is 5.29. The predicted molar refractivity (Wildman–Crippen MR) is 124 cm³/mol. The SMILES string of the molecule is CC(C)CC(S)(NC(=O)CCc1ccccc1)C(=O)N[C@@H](Cc1ccccc1)C(=O)O. The van der Waals surface area contributed by atoms with Gasteiger partial charge < -0.3 is 15.7 Å².